The van der Waals surface area contributed by atoms with E-state index in [0.29, 0.717) is 31.4 Å². The number of carbonyl (C=O) groups excluding carboxylic acids is 1. The highest BCUT2D eigenvalue weighted by Gasteiger charge is 2.31. The Balaban J connectivity index is 1.70. The van der Waals surface area contributed by atoms with E-state index in [2.05, 4.69) is 17.1 Å². The Morgan fingerprint density at radius 1 is 1.21 bits per heavy atom. The summed E-state index contributed by atoms with van der Waals surface area (Å²) in [5.41, 5.74) is 0. The van der Waals surface area contributed by atoms with Crippen molar-refractivity contribution in [2.45, 2.75) is 50.9 Å². The second-order valence-electron chi connectivity index (χ2n) is 5.79. The molecule has 1 aliphatic heterocycles. The maximum atomic E-state index is 11.8. The van der Waals surface area contributed by atoms with Crippen molar-refractivity contribution in [3.63, 3.8) is 0 Å². The van der Waals surface area contributed by atoms with Gasteiger partial charge in [0.15, 0.2) is 5.82 Å². The third-order valence-electron chi connectivity index (χ3n) is 4.30. The highest BCUT2D eigenvalue weighted by Crippen LogP contribution is 2.34. The average Bonchev–Trinajstić information content (AvgIpc) is 2.89. The van der Waals surface area contributed by atoms with Crippen LogP contribution < -0.4 is 0 Å². The Bertz CT molecular complexity index is 449. The van der Waals surface area contributed by atoms with Gasteiger partial charge in [0.2, 0.25) is 5.89 Å². The first-order chi connectivity index (χ1) is 9.24. The van der Waals surface area contributed by atoms with Crippen LogP contribution in [0.2, 0.25) is 0 Å². The van der Waals surface area contributed by atoms with Crippen molar-refractivity contribution < 1.29 is 14.1 Å². The van der Waals surface area contributed by atoms with Crippen LogP contribution in [0.3, 0.4) is 0 Å². The molecule has 0 spiro atoms. The average molecular weight is 264 g/mol. The Labute approximate surface area is 112 Å². The Morgan fingerprint density at radius 2 is 2.00 bits per heavy atom. The van der Waals surface area contributed by atoms with Crippen LogP contribution in [0, 0.1) is 5.92 Å². The lowest BCUT2D eigenvalue weighted by Gasteiger charge is -2.23. The Kier molecular flexibility index (Phi) is 3.64. The summed E-state index contributed by atoms with van der Waals surface area (Å²) in [5, 5.41) is 4.08. The number of ether oxygens (including phenoxy) is 1. The van der Waals surface area contributed by atoms with Gasteiger partial charge in [0.25, 0.3) is 0 Å². The van der Waals surface area contributed by atoms with Gasteiger partial charge >= 0.3 is 0 Å². The molecule has 5 heteroatoms. The van der Waals surface area contributed by atoms with Crippen molar-refractivity contribution in [1.82, 2.24) is 10.1 Å². The third kappa shape index (κ3) is 2.71. The van der Waals surface area contributed by atoms with Crippen LogP contribution in [0.5, 0.6) is 0 Å². The van der Waals surface area contributed by atoms with Crippen molar-refractivity contribution >= 4 is 5.78 Å². The minimum Gasteiger partial charge on any atom is -0.380 e. The first-order valence-corrected chi connectivity index (χ1v) is 7.18. The maximum Gasteiger partial charge on any atom is 0.239 e. The fourth-order valence-electron chi connectivity index (χ4n) is 2.92. The van der Waals surface area contributed by atoms with Crippen molar-refractivity contribution in [2.24, 2.45) is 5.92 Å². The molecule has 1 aromatic heterocycles. The topological polar surface area (TPSA) is 65.2 Å². The normalized spacial score (nSPS) is 32.5. The smallest absolute Gasteiger partial charge is 0.239 e. The van der Waals surface area contributed by atoms with Gasteiger partial charge in [-0.1, -0.05) is 24.9 Å². The number of carbonyl (C=O) groups is 1. The minimum atomic E-state index is -0.350. The molecule has 2 heterocycles. The molecule has 1 aliphatic carbocycles. The number of hydrogen-bond acceptors (Lipinski definition) is 5. The van der Waals surface area contributed by atoms with E-state index in [-0.39, 0.29) is 11.7 Å². The van der Waals surface area contributed by atoms with Crippen LogP contribution in [0.25, 0.3) is 0 Å². The lowest BCUT2D eigenvalue weighted by atomic mass is 9.83. The van der Waals surface area contributed by atoms with E-state index in [1.165, 1.54) is 12.8 Å². The van der Waals surface area contributed by atoms with Gasteiger partial charge in [-0.25, -0.2) is 0 Å². The first kappa shape index (κ1) is 12.8. The van der Waals surface area contributed by atoms with E-state index >= 15 is 0 Å². The predicted octanol–water partition coefficient (Wildman–Crippen LogP) is 2.44. The van der Waals surface area contributed by atoms with Crippen molar-refractivity contribution in [3.05, 3.63) is 11.7 Å². The molecule has 0 bridgehead atoms. The van der Waals surface area contributed by atoms with Gasteiger partial charge in [-0.05, 0) is 18.8 Å². The molecule has 1 atom stereocenters. The maximum absolute atomic E-state index is 11.8. The summed E-state index contributed by atoms with van der Waals surface area (Å²) in [6, 6.07) is 0. The molecule has 2 fully saturated rings. The van der Waals surface area contributed by atoms with E-state index in [1.807, 2.05) is 0 Å². The molecule has 0 radical (unpaired) electrons. The minimum absolute atomic E-state index is 0.152. The summed E-state index contributed by atoms with van der Waals surface area (Å²) in [5.74, 6) is 2.22. The lowest BCUT2D eigenvalue weighted by Crippen LogP contribution is -2.25. The number of ketones is 1. The van der Waals surface area contributed by atoms with Gasteiger partial charge in [-0.2, -0.15) is 4.98 Å². The molecule has 2 aliphatic rings. The van der Waals surface area contributed by atoms with Crippen LogP contribution in [-0.4, -0.2) is 29.1 Å². The monoisotopic (exact) mass is 264 g/mol. The van der Waals surface area contributed by atoms with Gasteiger partial charge in [-0.3, -0.25) is 4.79 Å². The summed E-state index contributed by atoms with van der Waals surface area (Å²) in [6.45, 7) is 3.18. The van der Waals surface area contributed by atoms with Gasteiger partial charge in [0.05, 0.1) is 13.2 Å². The third-order valence-corrected chi connectivity index (χ3v) is 4.30. The molecule has 0 amide bonds. The molecule has 1 unspecified atom stereocenters. The lowest BCUT2D eigenvalue weighted by molar-refractivity contribution is -0.127. The van der Waals surface area contributed by atoms with Crippen molar-refractivity contribution in [3.8, 4) is 0 Å². The van der Waals surface area contributed by atoms with Crippen molar-refractivity contribution in [1.29, 1.82) is 0 Å². The van der Waals surface area contributed by atoms with Crippen molar-refractivity contribution in [2.75, 3.05) is 13.2 Å². The zero-order chi connectivity index (χ0) is 13.2. The summed E-state index contributed by atoms with van der Waals surface area (Å²) in [4.78, 5) is 16.3. The van der Waals surface area contributed by atoms with Crippen LogP contribution in [0.4, 0.5) is 0 Å². The molecule has 0 aromatic carbocycles. The number of rotatable bonds is 2. The second kappa shape index (κ2) is 5.41. The number of hydrogen-bond donors (Lipinski definition) is 0. The van der Waals surface area contributed by atoms with Gasteiger partial charge in [-0.15, -0.1) is 0 Å². The SMILES string of the molecule is CC1CCC(c2noc(C3COCCC3=O)n2)CC1. The molecule has 0 N–H and O–H groups in total. The quantitative estimate of drug-likeness (QED) is 0.820. The zero-order valence-corrected chi connectivity index (χ0v) is 11.3. The van der Waals surface area contributed by atoms with E-state index in [1.54, 1.807) is 0 Å². The zero-order valence-electron chi connectivity index (χ0n) is 11.3. The van der Waals surface area contributed by atoms with Gasteiger partial charge in [0, 0.05) is 12.3 Å². The summed E-state index contributed by atoms with van der Waals surface area (Å²) in [6.07, 6.45) is 5.13. The highest BCUT2D eigenvalue weighted by molar-refractivity contribution is 5.85. The molecular formula is C14H20N2O3. The highest BCUT2D eigenvalue weighted by atomic mass is 16.5. The van der Waals surface area contributed by atoms with Gasteiger partial charge in [0.1, 0.15) is 11.7 Å². The fourth-order valence-corrected chi connectivity index (χ4v) is 2.92. The molecule has 19 heavy (non-hydrogen) atoms. The van der Waals surface area contributed by atoms with Crippen LogP contribution in [0.15, 0.2) is 4.52 Å². The molecule has 1 saturated heterocycles. The molecule has 104 valence electrons. The van der Waals surface area contributed by atoms with E-state index in [0.717, 1.165) is 24.6 Å². The molecule has 5 nitrogen and oxygen atoms in total. The molecular weight excluding hydrogens is 244 g/mol. The number of Topliss-reactive ketones (excluding diaryl/α,β-unsaturated/α-hetero) is 1. The molecule has 1 saturated carbocycles. The predicted molar refractivity (Wildman–Crippen MR) is 67.9 cm³/mol. The second-order valence-corrected chi connectivity index (χ2v) is 5.79. The summed E-state index contributed by atoms with van der Waals surface area (Å²) >= 11 is 0. The molecule has 3 rings (SSSR count). The van der Waals surface area contributed by atoms with E-state index in [4.69, 9.17) is 9.26 Å². The van der Waals surface area contributed by atoms with Crippen LogP contribution >= 0.6 is 0 Å². The largest absolute Gasteiger partial charge is 0.380 e. The molecule has 1 aromatic rings. The number of nitrogens with zero attached hydrogens (tertiary/aromatic N) is 2. The fraction of sp³-hybridized carbons (Fsp3) is 0.786. The summed E-state index contributed by atoms with van der Waals surface area (Å²) < 4.78 is 10.6. The Morgan fingerprint density at radius 3 is 2.74 bits per heavy atom. The van der Waals surface area contributed by atoms with Crippen LogP contribution in [-0.2, 0) is 9.53 Å². The van der Waals surface area contributed by atoms with E-state index < -0.39 is 0 Å². The first-order valence-electron chi connectivity index (χ1n) is 7.18. The number of aromatic nitrogens is 2. The van der Waals surface area contributed by atoms with Gasteiger partial charge < -0.3 is 9.26 Å². The van der Waals surface area contributed by atoms with E-state index in [9.17, 15) is 4.79 Å². The summed E-state index contributed by atoms with van der Waals surface area (Å²) in [7, 11) is 0. The van der Waals surface area contributed by atoms with Crippen LogP contribution in [0.1, 0.15) is 62.6 Å². The standard InChI is InChI=1S/C14H20N2O3/c1-9-2-4-10(5-3-9)13-15-14(19-16-13)11-8-18-7-6-12(11)17/h9-11H,2-8H2,1H3. The Hall–Kier alpha value is -1.23.